The highest BCUT2D eigenvalue weighted by molar-refractivity contribution is 6.31. The molecular formula is C16H22ClN3O. The van der Waals surface area contributed by atoms with Crippen molar-refractivity contribution >= 4 is 11.6 Å². The monoisotopic (exact) mass is 307 g/mol. The van der Waals surface area contributed by atoms with E-state index in [-0.39, 0.29) is 6.04 Å². The SMILES string of the molecule is CCOc1ccc(C(Cc2c(Cl)c(C)nn2C)NC)cc1. The summed E-state index contributed by atoms with van der Waals surface area (Å²) in [7, 11) is 3.89. The molecule has 0 amide bonds. The third kappa shape index (κ3) is 3.57. The zero-order valence-electron chi connectivity index (χ0n) is 13.0. The molecule has 0 bridgehead atoms. The van der Waals surface area contributed by atoms with E-state index in [9.17, 15) is 0 Å². The van der Waals surface area contributed by atoms with Gasteiger partial charge in [-0.05, 0) is 38.6 Å². The van der Waals surface area contributed by atoms with E-state index in [0.717, 1.165) is 28.6 Å². The molecule has 1 aromatic carbocycles. The van der Waals surface area contributed by atoms with E-state index < -0.39 is 0 Å². The predicted octanol–water partition coefficient (Wildman–Crippen LogP) is 3.28. The van der Waals surface area contributed by atoms with Crippen molar-refractivity contribution in [1.29, 1.82) is 0 Å². The average Bonchev–Trinajstić information content (AvgIpc) is 2.72. The van der Waals surface area contributed by atoms with Crippen molar-refractivity contribution in [1.82, 2.24) is 15.1 Å². The highest BCUT2D eigenvalue weighted by Crippen LogP contribution is 2.26. The molecule has 0 aliphatic carbocycles. The number of likely N-dealkylation sites (N-methyl/N-ethyl adjacent to an activating group) is 1. The normalized spacial score (nSPS) is 12.4. The third-order valence-corrected chi connectivity index (χ3v) is 4.09. The topological polar surface area (TPSA) is 39.1 Å². The molecule has 1 heterocycles. The summed E-state index contributed by atoms with van der Waals surface area (Å²) < 4.78 is 7.34. The van der Waals surface area contributed by atoms with Crippen molar-refractivity contribution in [2.24, 2.45) is 7.05 Å². The van der Waals surface area contributed by atoms with Gasteiger partial charge in [-0.15, -0.1) is 0 Å². The Morgan fingerprint density at radius 2 is 2.00 bits per heavy atom. The van der Waals surface area contributed by atoms with Gasteiger partial charge in [0.25, 0.3) is 0 Å². The lowest BCUT2D eigenvalue weighted by molar-refractivity contribution is 0.340. The number of nitrogens with one attached hydrogen (secondary N) is 1. The van der Waals surface area contributed by atoms with Crippen LogP contribution >= 0.6 is 11.6 Å². The number of benzene rings is 1. The molecular weight excluding hydrogens is 286 g/mol. The third-order valence-electron chi connectivity index (χ3n) is 3.60. The van der Waals surface area contributed by atoms with Gasteiger partial charge in [0.2, 0.25) is 0 Å². The minimum absolute atomic E-state index is 0.188. The molecule has 0 fully saturated rings. The lowest BCUT2D eigenvalue weighted by Gasteiger charge is -2.17. The van der Waals surface area contributed by atoms with E-state index in [2.05, 4.69) is 22.5 Å². The summed E-state index contributed by atoms with van der Waals surface area (Å²) >= 11 is 6.34. The molecule has 1 aromatic heterocycles. The fourth-order valence-electron chi connectivity index (χ4n) is 2.44. The van der Waals surface area contributed by atoms with Gasteiger partial charge in [0.15, 0.2) is 0 Å². The fraction of sp³-hybridized carbons (Fsp3) is 0.438. The highest BCUT2D eigenvalue weighted by atomic mass is 35.5. The number of hydrogen-bond acceptors (Lipinski definition) is 3. The number of hydrogen-bond donors (Lipinski definition) is 1. The second-order valence-corrected chi connectivity index (χ2v) is 5.40. The minimum atomic E-state index is 0.188. The molecule has 0 spiro atoms. The van der Waals surface area contributed by atoms with Crippen molar-refractivity contribution in [3.8, 4) is 5.75 Å². The summed E-state index contributed by atoms with van der Waals surface area (Å²) in [6.45, 7) is 4.59. The van der Waals surface area contributed by atoms with Crippen LogP contribution in [0.4, 0.5) is 0 Å². The van der Waals surface area contributed by atoms with Crippen LogP contribution < -0.4 is 10.1 Å². The molecule has 1 unspecified atom stereocenters. The van der Waals surface area contributed by atoms with Gasteiger partial charge in [-0.25, -0.2) is 0 Å². The maximum atomic E-state index is 6.34. The van der Waals surface area contributed by atoms with E-state index in [0.29, 0.717) is 6.61 Å². The quantitative estimate of drug-likeness (QED) is 0.890. The Hall–Kier alpha value is -1.52. The largest absolute Gasteiger partial charge is 0.494 e. The first-order valence-corrected chi connectivity index (χ1v) is 7.52. The van der Waals surface area contributed by atoms with Crippen LogP contribution in [-0.2, 0) is 13.5 Å². The zero-order chi connectivity index (χ0) is 15.4. The van der Waals surface area contributed by atoms with Crippen LogP contribution in [0.3, 0.4) is 0 Å². The molecule has 21 heavy (non-hydrogen) atoms. The fourth-order valence-corrected chi connectivity index (χ4v) is 2.68. The van der Waals surface area contributed by atoms with Crippen LogP contribution in [0.25, 0.3) is 0 Å². The van der Waals surface area contributed by atoms with Crippen LogP contribution in [-0.4, -0.2) is 23.4 Å². The van der Waals surface area contributed by atoms with Crippen molar-refractivity contribution in [3.05, 3.63) is 46.2 Å². The maximum Gasteiger partial charge on any atom is 0.119 e. The Morgan fingerprint density at radius 3 is 2.48 bits per heavy atom. The molecule has 2 rings (SSSR count). The highest BCUT2D eigenvalue weighted by Gasteiger charge is 2.17. The van der Waals surface area contributed by atoms with Gasteiger partial charge in [-0.3, -0.25) is 4.68 Å². The number of aryl methyl sites for hydroxylation is 2. The average molecular weight is 308 g/mol. The summed E-state index contributed by atoms with van der Waals surface area (Å²) in [6, 6.07) is 8.36. The van der Waals surface area contributed by atoms with Crippen molar-refractivity contribution in [3.63, 3.8) is 0 Å². The molecule has 0 aliphatic heterocycles. The van der Waals surface area contributed by atoms with E-state index in [1.807, 2.05) is 44.8 Å². The Bertz CT molecular complexity index is 592. The number of ether oxygens (including phenoxy) is 1. The first-order valence-electron chi connectivity index (χ1n) is 7.14. The molecule has 0 saturated carbocycles. The minimum Gasteiger partial charge on any atom is -0.494 e. The predicted molar refractivity (Wildman–Crippen MR) is 86.1 cm³/mol. The summed E-state index contributed by atoms with van der Waals surface area (Å²) in [6.07, 6.45) is 0.792. The van der Waals surface area contributed by atoms with Crippen LogP contribution in [0.15, 0.2) is 24.3 Å². The maximum absolute atomic E-state index is 6.34. The van der Waals surface area contributed by atoms with Gasteiger partial charge in [0.05, 0.1) is 23.0 Å². The van der Waals surface area contributed by atoms with Crippen molar-refractivity contribution < 1.29 is 4.74 Å². The Kier molecular flexibility index (Phi) is 5.26. The van der Waals surface area contributed by atoms with Crippen molar-refractivity contribution in [2.45, 2.75) is 26.3 Å². The van der Waals surface area contributed by atoms with Crippen LogP contribution in [0.1, 0.15) is 29.9 Å². The number of rotatable bonds is 6. The van der Waals surface area contributed by atoms with E-state index >= 15 is 0 Å². The van der Waals surface area contributed by atoms with Gasteiger partial charge in [0, 0.05) is 19.5 Å². The standard InChI is InChI=1S/C16H22ClN3O/c1-5-21-13-8-6-12(7-9-13)14(18-3)10-15-16(17)11(2)19-20(15)4/h6-9,14,18H,5,10H2,1-4H3. The zero-order valence-corrected chi connectivity index (χ0v) is 13.7. The molecule has 0 radical (unpaired) electrons. The summed E-state index contributed by atoms with van der Waals surface area (Å²) in [5.74, 6) is 0.894. The second-order valence-electron chi connectivity index (χ2n) is 5.02. The lowest BCUT2D eigenvalue weighted by Crippen LogP contribution is -2.20. The van der Waals surface area contributed by atoms with Gasteiger partial charge >= 0.3 is 0 Å². The van der Waals surface area contributed by atoms with E-state index in [1.165, 1.54) is 5.56 Å². The molecule has 114 valence electrons. The first-order chi connectivity index (χ1) is 10.1. The van der Waals surface area contributed by atoms with Gasteiger partial charge in [-0.1, -0.05) is 23.7 Å². The second kappa shape index (κ2) is 6.96. The lowest BCUT2D eigenvalue weighted by atomic mass is 10.0. The van der Waals surface area contributed by atoms with E-state index in [4.69, 9.17) is 16.3 Å². The number of aromatic nitrogens is 2. The number of nitrogens with zero attached hydrogens (tertiary/aromatic N) is 2. The Morgan fingerprint density at radius 1 is 1.33 bits per heavy atom. The molecule has 1 N–H and O–H groups in total. The molecule has 0 aliphatic rings. The smallest absolute Gasteiger partial charge is 0.119 e. The molecule has 1 atom stereocenters. The molecule has 4 nitrogen and oxygen atoms in total. The summed E-state index contributed by atoms with van der Waals surface area (Å²) in [5.41, 5.74) is 3.12. The van der Waals surface area contributed by atoms with Gasteiger partial charge in [0.1, 0.15) is 5.75 Å². The van der Waals surface area contributed by atoms with Gasteiger partial charge < -0.3 is 10.1 Å². The van der Waals surface area contributed by atoms with Crippen molar-refractivity contribution in [2.75, 3.05) is 13.7 Å². The molecule has 2 aromatic rings. The first kappa shape index (κ1) is 15.9. The Labute approximate surface area is 131 Å². The van der Waals surface area contributed by atoms with Crippen LogP contribution in [0.5, 0.6) is 5.75 Å². The molecule has 5 heteroatoms. The summed E-state index contributed by atoms with van der Waals surface area (Å²) in [4.78, 5) is 0. The molecule has 0 saturated heterocycles. The van der Waals surface area contributed by atoms with Crippen LogP contribution in [0.2, 0.25) is 5.02 Å². The number of halogens is 1. The van der Waals surface area contributed by atoms with Gasteiger partial charge in [-0.2, -0.15) is 5.10 Å². The van der Waals surface area contributed by atoms with E-state index in [1.54, 1.807) is 0 Å². The Balaban J connectivity index is 2.19. The van der Waals surface area contributed by atoms with Crippen LogP contribution in [0, 0.1) is 6.92 Å². The summed E-state index contributed by atoms with van der Waals surface area (Å²) in [5, 5.41) is 8.46.